The molecular formula is C74H64N20O2S4. The fourth-order valence-corrected chi connectivity index (χ4v) is 15.3. The number of hydrogen-bond donors (Lipinski definition) is 8. The van der Waals surface area contributed by atoms with Crippen LogP contribution in [0, 0.1) is 27.7 Å². The van der Waals surface area contributed by atoms with Gasteiger partial charge in [-0.15, -0.1) is 0 Å². The van der Waals surface area contributed by atoms with Crippen molar-refractivity contribution in [2.24, 2.45) is 0 Å². The summed E-state index contributed by atoms with van der Waals surface area (Å²) in [6.07, 6.45) is 0. The minimum absolute atomic E-state index is 0.105. The Hall–Kier alpha value is -11.8. The lowest BCUT2D eigenvalue weighted by Gasteiger charge is -2.14. The third-order valence-corrected chi connectivity index (χ3v) is 20.6. The summed E-state index contributed by atoms with van der Waals surface area (Å²) in [6, 6.07) is 68.1. The molecule has 26 heteroatoms. The first-order chi connectivity index (χ1) is 48.6. The van der Waals surface area contributed by atoms with E-state index in [0.717, 1.165) is 120 Å². The van der Waals surface area contributed by atoms with Gasteiger partial charge < -0.3 is 53.7 Å². The number of nitrogens with one attached hydrogen (secondary N) is 4. The number of nitrogen functional groups attached to an aromatic ring is 4. The number of nitrogens with two attached hydrogens (primary N) is 4. The van der Waals surface area contributed by atoms with Crippen LogP contribution in [-0.2, 0) is 0 Å². The van der Waals surface area contributed by atoms with E-state index in [1.54, 1.807) is 57.4 Å². The van der Waals surface area contributed by atoms with Gasteiger partial charge in [0, 0.05) is 41.8 Å². The predicted octanol–water partition coefficient (Wildman–Crippen LogP) is 17.2. The van der Waals surface area contributed by atoms with Crippen molar-refractivity contribution in [1.82, 2.24) is 59.8 Å². The fraction of sp³-hybridized carbons (Fsp3) is 0.0811. The normalized spacial score (nSPS) is 11.0. The number of para-hydroxylation sites is 4. The van der Waals surface area contributed by atoms with E-state index >= 15 is 0 Å². The molecule has 0 spiro atoms. The maximum Gasteiger partial charge on any atom is 0.232 e. The van der Waals surface area contributed by atoms with Crippen molar-refractivity contribution < 1.29 is 9.47 Å². The number of methoxy groups -OCH3 is 2. The first-order valence-corrected chi connectivity index (χ1v) is 35.4. The van der Waals surface area contributed by atoms with Gasteiger partial charge in [0.25, 0.3) is 0 Å². The van der Waals surface area contributed by atoms with Gasteiger partial charge in [0.1, 0.15) is 11.5 Å². The zero-order valence-corrected chi connectivity index (χ0v) is 58.0. The second kappa shape index (κ2) is 30.3. The number of rotatable bonds is 20. The lowest BCUT2D eigenvalue weighted by atomic mass is 10.0. The lowest BCUT2D eigenvalue weighted by Crippen LogP contribution is -2.06. The number of nitrogens with zero attached hydrogens (tertiary/aromatic N) is 12. The number of aromatic nitrogens is 12. The Labute approximate surface area is 591 Å². The summed E-state index contributed by atoms with van der Waals surface area (Å²) in [6.45, 7) is 8.00. The molecule has 100 heavy (non-hydrogen) atoms. The van der Waals surface area contributed by atoms with E-state index in [4.69, 9.17) is 47.4 Å². The van der Waals surface area contributed by atoms with Crippen LogP contribution in [0.1, 0.15) is 22.3 Å². The second-order valence-electron chi connectivity index (χ2n) is 22.6. The number of hydrogen-bond acceptors (Lipinski definition) is 26. The molecule has 0 aliphatic carbocycles. The Bertz CT molecular complexity index is 5170. The summed E-state index contributed by atoms with van der Waals surface area (Å²) in [5, 5.41) is 17.9. The summed E-state index contributed by atoms with van der Waals surface area (Å²) in [5.74, 6) is 5.34. The molecule has 0 amide bonds. The highest BCUT2D eigenvalue weighted by Gasteiger charge is 2.19. The molecule has 0 fully saturated rings. The number of anilines is 12. The standard InChI is InChI=1S/C38H28N10S2.C36H36N10O2S2/c39-35-43-33(27-19-17-23-9-1-3-11-25(23)21-27)45-37(47-35)41-29-13-5-7-15-31(29)49-50-32-16-8-6-14-30(32)42-38-46-34(44-36(40)48-38)28-20-18-24-10-2-4-12-26(24)22-28;1-19-15-24(18-27(47-5)22(19)4)32-42-34(38)46-36(44-32)40-26-12-8-10-14-29(26)50-49-28-13-9-7-11-25(28)39-35-43-31(41-33(37)45-35)23-16-20(2)30(48-6)21(3)17-23/h1-22H,(H3,39,41,43,45,47)(H3,40,42,44,46,48);7-18H,1-6H3,(H3,37,39,41,43,45)(H3,38,40,42,44,46). The average molecular weight is 1390 g/mol. The van der Waals surface area contributed by atoms with E-state index in [-0.39, 0.29) is 23.8 Å². The molecule has 0 aliphatic rings. The number of benzene rings is 10. The van der Waals surface area contributed by atoms with E-state index < -0.39 is 0 Å². The monoisotopic (exact) mass is 1390 g/mol. The molecule has 0 saturated heterocycles. The Morgan fingerprint density at radius 1 is 0.290 bits per heavy atom. The van der Waals surface area contributed by atoms with Gasteiger partial charge >= 0.3 is 0 Å². The van der Waals surface area contributed by atoms with Crippen molar-refractivity contribution in [3.63, 3.8) is 0 Å². The molecule has 22 nitrogen and oxygen atoms in total. The third-order valence-electron chi connectivity index (χ3n) is 15.6. The van der Waals surface area contributed by atoms with Gasteiger partial charge in [0.05, 0.1) is 37.0 Å². The summed E-state index contributed by atoms with van der Waals surface area (Å²) >= 11 is 0. The molecular weight excluding hydrogens is 1330 g/mol. The topological polar surface area (TPSA) is 325 Å². The van der Waals surface area contributed by atoms with E-state index in [9.17, 15) is 0 Å². The van der Waals surface area contributed by atoms with Crippen LogP contribution in [0.25, 0.3) is 67.1 Å². The predicted molar refractivity (Wildman–Crippen MR) is 408 cm³/mol. The molecule has 496 valence electrons. The SMILES string of the molecule is COc1cc(-c2nc(N)nc(Nc3ccccc3SSc3ccccc3Nc3nc(N)nc(-c4cc(C)c(OC)c(C)c4)n3)n2)cc(C)c1C.Nc1nc(Nc2ccccc2SSc2ccccc2Nc2nc(N)nc(-c3ccc4ccccc4c3)n2)nc(-c2ccc3ccccc3c2)n1. The quantitative estimate of drug-likeness (QED) is 0.0329. The Morgan fingerprint density at radius 2 is 0.590 bits per heavy atom. The minimum atomic E-state index is 0.105. The highest BCUT2D eigenvalue weighted by atomic mass is 33.1. The molecule has 12 N–H and O–H groups in total. The molecule has 0 atom stereocenters. The summed E-state index contributed by atoms with van der Waals surface area (Å²) < 4.78 is 11.1. The first kappa shape index (κ1) is 66.8. The first-order valence-electron chi connectivity index (χ1n) is 31.1. The van der Waals surface area contributed by atoms with Gasteiger partial charge in [-0.05, 0) is 156 Å². The van der Waals surface area contributed by atoms with Crippen LogP contribution in [0.2, 0.25) is 0 Å². The fourth-order valence-electron chi connectivity index (χ4n) is 10.8. The highest BCUT2D eigenvalue weighted by Crippen LogP contribution is 2.46. The second-order valence-corrected chi connectivity index (χ2v) is 27.0. The Kier molecular flexibility index (Phi) is 20.2. The van der Waals surface area contributed by atoms with E-state index in [1.165, 1.54) is 0 Å². The van der Waals surface area contributed by atoms with Crippen molar-refractivity contribution in [2.75, 3.05) is 58.4 Å². The number of ether oxygens (including phenoxy) is 2. The molecule has 4 heterocycles. The van der Waals surface area contributed by atoms with Gasteiger partial charge in [-0.1, -0.05) is 165 Å². The number of aryl methyl sites for hydroxylation is 3. The lowest BCUT2D eigenvalue weighted by molar-refractivity contribution is 0.408. The molecule has 0 radical (unpaired) electrons. The third kappa shape index (κ3) is 15.9. The average Bonchev–Trinajstić information content (AvgIpc) is 0.826. The summed E-state index contributed by atoms with van der Waals surface area (Å²) in [4.78, 5) is 57.8. The van der Waals surface area contributed by atoms with Gasteiger partial charge in [-0.25, -0.2) is 0 Å². The van der Waals surface area contributed by atoms with Crippen molar-refractivity contribution in [2.45, 2.75) is 47.3 Å². The van der Waals surface area contributed by atoms with Gasteiger partial charge in [-0.2, -0.15) is 59.8 Å². The van der Waals surface area contributed by atoms with Gasteiger partial charge in [0.15, 0.2) is 23.3 Å². The Balaban J connectivity index is 0.000000179. The van der Waals surface area contributed by atoms with Crippen LogP contribution in [0.15, 0.2) is 226 Å². The van der Waals surface area contributed by atoms with Crippen LogP contribution in [-0.4, -0.2) is 74.0 Å². The van der Waals surface area contributed by atoms with E-state index in [1.807, 2.05) is 198 Å². The van der Waals surface area contributed by atoms with Crippen molar-refractivity contribution in [3.05, 3.63) is 229 Å². The van der Waals surface area contributed by atoms with Crippen LogP contribution < -0.4 is 53.7 Å². The summed E-state index contributed by atoms with van der Waals surface area (Å²) in [7, 11) is 9.63. The molecule has 0 aliphatic heterocycles. The molecule has 0 bridgehead atoms. The maximum atomic E-state index is 6.15. The van der Waals surface area contributed by atoms with Crippen molar-refractivity contribution in [1.29, 1.82) is 0 Å². The zero-order valence-electron chi connectivity index (χ0n) is 54.8. The largest absolute Gasteiger partial charge is 0.496 e. The smallest absolute Gasteiger partial charge is 0.232 e. The van der Waals surface area contributed by atoms with Gasteiger partial charge in [-0.3, -0.25) is 0 Å². The molecule has 4 aromatic heterocycles. The van der Waals surface area contributed by atoms with E-state index in [0.29, 0.717) is 47.1 Å². The van der Waals surface area contributed by atoms with E-state index in [2.05, 4.69) is 103 Å². The van der Waals surface area contributed by atoms with Crippen molar-refractivity contribution >= 4 is 135 Å². The Morgan fingerprint density at radius 3 is 0.930 bits per heavy atom. The van der Waals surface area contributed by atoms with Crippen LogP contribution in [0.5, 0.6) is 11.5 Å². The molecule has 10 aromatic carbocycles. The molecule has 14 aromatic rings. The minimum Gasteiger partial charge on any atom is -0.496 e. The summed E-state index contributed by atoms with van der Waals surface area (Å²) in [5.41, 5.74) is 35.2. The van der Waals surface area contributed by atoms with Crippen molar-refractivity contribution in [3.8, 4) is 57.1 Å². The highest BCUT2D eigenvalue weighted by molar-refractivity contribution is 8.77. The molecule has 0 unspecified atom stereocenters. The zero-order chi connectivity index (χ0) is 69.2. The maximum absolute atomic E-state index is 6.15. The molecule has 14 rings (SSSR count). The van der Waals surface area contributed by atoms with Crippen LogP contribution in [0.4, 0.5) is 70.3 Å². The van der Waals surface area contributed by atoms with Gasteiger partial charge in [0.2, 0.25) is 47.6 Å². The van der Waals surface area contributed by atoms with Crippen LogP contribution >= 0.6 is 43.2 Å². The van der Waals surface area contributed by atoms with Crippen LogP contribution in [0.3, 0.4) is 0 Å². The molecule has 0 saturated carbocycles. The number of fused-ring (bicyclic) bond motifs is 2.